The number of unbranched alkanes of at least 4 members (excludes halogenated alkanes) is 2. The van der Waals surface area contributed by atoms with Crippen molar-refractivity contribution >= 4 is 11.8 Å². The molecule has 0 aromatic rings. The van der Waals surface area contributed by atoms with Crippen LogP contribution in [-0.4, -0.2) is 16.9 Å². The van der Waals surface area contributed by atoms with Gasteiger partial charge in [0.2, 0.25) is 0 Å². The second-order valence-corrected chi connectivity index (χ2v) is 3.29. The minimum atomic E-state index is -0.855. The van der Waals surface area contributed by atoms with Crippen LogP contribution in [-0.2, 0) is 9.59 Å². The van der Waals surface area contributed by atoms with E-state index in [-0.39, 0.29) is 5.78 Å². The summed E-state index contributed by atoms with van der Waals surface area (Å²) in [6.07, 6.45) is 11.2. The second kappa shape index (κ2) is 9.19. The molecule has 3 nitrogen and oxygen atoms in total. The van der Waals surface area contributed by atoms with Crippen LogP contribution in [0.2, 0.25) is 0 Å². The Morgan fingerprint density at radius 1 is 1.60 bits per heavy atom. The molecule has 0 atom stereocenters. The normalized spacial score (nSPS) is 14.1. The van der Waals surface area contributed by atoms with Crippen molar-refractivity contribution in [3.05, 3.63) is 24.3 Å². The highest BCUT2D eigenvalue weighted by molar-refractivity contribution is 5.91. The molecule has 0 fully saturated rings. The maximum Gasteiger partial charge on any atom is 0.327 e. The maximum absolute atomic E-state index is 10.2. The zero-order valence-electron chi connectivity index (χ0n) is 9.11. The fraction of sp³-hybridized carbons (Fsp3) is 0.500. The summed E-state index contributed by atoms with van der Waals surface area (Å²) in [5.41, 5.74) is 0. The van der Waals surface area contributed by atoms with Crippen LogP contribution in [0.1, 0.15) is 39.0 Å². The lowest BCUT2D eigenvalue weighted by Gasteiger charge is -1.85. The van der Waals surface area contributed by atoms with E-state index in [0.29, 0.717) is 0 Å². The third kappa shape index (κ3) is 10.5. The first-order chi connectivity index (χ1) is 7.16. The number of carboxylic acids is 1. The Labute approximate surface area is 90.5 Å². The van der Waals surface area contributed by atoms with Gasteiger partial charge in [-0.1, -0.05) is 31.9 Å². The van der Waals surface area contributed by atoms with Gasteiger partial charge in [0, 0.05) is 12.5 Å². The Morgan fingerprint density at radius 3 is 2.67 bits per heavy atom. The SMILES string of the molecule is CCCCC=CC(=O)O.O=C1C=CCC1. The van der Waals surface area contributed by atoms with Crippen LogP contribution in [0.15, 0.2) is 24.3 Å². The first-order valence-corrected chi connectivity index (χ1v) is 5.25. The lowest BCUT2D eigenvalue weighted by Crippen LogP contribution is -1.85. The number of carboxylic acid groups (broad SMARTS) is 1. The molecule has 0 unspecified atom stereocenters. The smallest absolute Gasteiger partial charge is 0.327 e. The Morgan fingerprint density at radius 2 is 2.33 bits per heavy atom. The van der Waals surface area contributed by atoms with Crippen molar-refractivity contribution in [2.75, 3.05) is 0 Å². The van der Waals surface area contributed by atoms with Crippen molar-refractivity contribution < 1.29 is 14.7 Å². The number of ketones is 1. The highest BCUT2D eigenvalue weighted by Crippen LogP contribution is 2.01. The van der Waals surface area contributed by atoms with Gasteiger partial charge >= 0.3 is 5.97 Å². The summed E-state index contributed by atoms with van der Waals surface area (Å²) in [7, 11) is 0. The number of carbonyl (C=O) groups is 2. The van der Waals surface area contributed by atoms with E-state index >= 15 is 0 Å². The van der Waals surface area contributed by atoms with Gasteiger partial charge < -0.3 is 5.11 Å². The van der Waals surface area contributed by atoms with Crippen LogP contribution in [0.4, 0.5) is 0 Å². The molecule has 0 aromatic heterocycles. The molecule has 0 saturated heterocycles. The van der Waals surface area contributed by atoms with Gasteiger partial charge in [0.15, 0.2) is 5.78 Å². The van der Waals surface area contributed by atoms with Crippen LogP contribution in [0, 0.1) is 0 Å². The zero-order chi connectivity index (χ0) is 11.5. The molecule has 0 radical (unpaired) electrons. The third-order valence-electron chi connectivity index (χ3n) is 1.85. The third-order valence-corrected chi connectivity index (χ3v) is 1.85. The second-order valence-electron chi connectivity index (χ2n) is 3.29. The number of allylic oxidation sites excluding steroid dienone is 3. The molecule has 1 aliphatic rings. The standard InChI is InChI=1S/C7H12O2.C5H6O/c1-2-3-4-5-6-7(8)9;6-5-3-1-2-4-5/h5-6H,2-4H2,1H3,(H,8,9);1,3H,2,4H2. The molecular weight excluding hydrogens is 192 g/mol. The van der Waals surface area contributed by atoms with Crippen molar-refractivity contribution in [2.24, 2.45) is 0 Å². The number of rotatable bonds is 4. The zero-order valence-corrected chi connectivity index (χ0v) is 9.11. The molecule has 0 heterocycles. The average Bonchev–Trinajstić information content (AvgIpc) is 2.65. The molecular formula is C12H18O3. The molecule has 1 rings (SSSR count). The van der Waals surface area contributed by atoms with Crippen LogP contribution in [0.5, 0.6) is 0 Å². The fourth-order valence-electron chi connectivity index (χ4n) is 1.03. The first kappa shape index (κ1) is 13.6. The van der Waals surface area contributed by atoms with E-state index in [1.807, 2.05) is 6.08 Å². The number of hydrogen-bond donors (Lipinski definition) is 1. The van der Waals surface area contributed by atoms with Gasteiger partial charge in [-0.05, 0) is 18.9 Å². The first-order valence-electron chi connectivity index (χ1n) is 5.25. The summed E-state index contributed by atoms with van der Waals surface area (Å²) in [4.78, 5) is 20.0. The highest BCUT2D eigenvalue weighted by Gasteiger charge is 1.98. The van der Waals surface area contributed by atoms with Gasteiger partial charge in [-0.15, -0.1) is 0 Å². The summed E-state index contributed by atoms with van der Waals surface area (Å²) in [6.45, 7) is 2.08. The molecule has 1 aliphatic carbocycles. The Hall–Kier alpha value is -1.38. The molecule has 0 amide bonds. The minimum Gasteiger partial charge on any atom is -0.478 e. The van der Waals surface area contributed by atoms with E-state index in [2.05, 4.69) is 6.92 Å². The van der Waals surface area contributed by atoms with E-state index in [9.17, 15) is 9.59 Å². The van der Waals surface area contributed by atoms with Crippen molar-refractivity contribution in [1.29, 1.82) is 0 Å². The number of carbonyl (C=O) groups excluding carboxylic acids is 1. The van der Waals surface area contributed by atoms with Gasteiger partial charge in [-0.3, -0.25) is 4.79 Å². The highest BCUT2D eigenvalue weighted by atomic mass is 16.4. The van der Waals surface area contributed by atoms with Gasteiger partial charge in [-0.25, -0.2) is 4.79 Å². The molecule has 1 N–H and O–H groups in total. The van der Waals surface area contributed by atoms with E-state index in [1.54, 1.807) is 12.2 Å². The van der Waals surface area contributed by atoms with Crippen LogP contribution >= 0.6 is 0 Å². The van der Waals surface area contributed by atoms with E-state index in [1.165, 1.54) is 6.08 Å². The molecule has 84 valence electrons. The lowest BCUT2D eigenvalue weighted by atomic mass is 10.2. The van der Waals surface area contributed by atoms with E-state index < -0.39 is 5.97 Å². The topological polar surface area (TPSA) is 54.4 Å². The number of aliphatic carboxylic acids is 1. The van der Waals surface area contributed by atoms with Gasteiger partial charge in [0.25, 0.3) is 0 Å². The van der Waals surface area contributed by atoms with E-state index in [4.69, 9.17) is 5.11 Å². The molecule has 0 aromatic carbocycles. The Bertz CT molecular complexity index is 252. The minimum absolute atomic E-state index is 0.273. The van der Waals surface area contributed by atoms with E-state index in [0.717, 1.165) is 32.1 Å². The predicted octanol–water partition coefficient (Wildman–Crippen LogP) is 2.72. The molecule has 0 spiro atoms. The molecule has 0 saturated carbocycles. The maximum atomic E-state index is 10.2. The summed E-state index contributed by atoms with van der Waals surface area (Å²) in [5, 5.41) is 8.13. The lowest BCUT2D eigenvalue weighted by molar-refractivity contribution is -0.131. The summed E-state index contributed by atoms with van der Waals surface area (Å²) < 4.78 is 0. The van der Waals surface area contributed by atoms with Gasteiger partial charge in [0.1, 0.15) is 0 Å². The molecule has 15 heavy (non-hydrogen) atoms. The van der Waals surface area contributed by atoms with Crippen LogP contribution < -0.4 is 0 Å². The Kier molecular flexibility index (Phi) is 8.34. The van der Waals surface area contributed by atoms with Gasteiger partial charge in [0.05, 0.1) is 0 Å². The van der Waals surface area contributed by atoms with Crippen molar-refractivity contribution in [3.8, 4) is 0 Å². The summed E-state index contributed by atoms with van der Waals surface area (Å²) in [6, 6.07) is 0. The van der Waals surface area contributed by atoms with Crippen molar-refractivity contribution in [1.82, 2.24) is 0 Å². The molecule has 0 aliphatic heterocycles. The van der Waals surface area contributed by atoms with Crippen LogP contribution in [0.3, 0.4) is 0 Å². The largest absolute Gasteiger partial charge is 0.478 e. The molecule has 3 heteroatoms. The summed E-state index contributed by atoms with van der Waals surface area (Å²) >= 11 is 0. The molecule has 0 bridgehead atoms. The number of hydrogen-bond acceptors (Lipinski definition) is 2. The quantitative estimate of drug-likeness (QED) is 0.573. The Balaban J connectivity index is 0.000000280. The average molecular weight is 210 g/mol. The monoisotopic (exact) mass is 210 g/mol. The van der Waals surface area contributed by atoms with Crippen LogP contribution in [0.25, 0.3) is 0 Å². The summed E-state index contributed by atoms with van der Waals surface area (Å²) in [5.74, 6) is -0.582. The van der Waals surface area contributed by atoms with Crippen molar-refractivity contribution in [3.63, 3.8) is 0 Å². The fourth-order valence-corrected chi connectivity index (χ4v) is 1.03. The van der Waals surface area contributed by atoms with Crippen molar-refractivity contribution in [2.45, 2.75) is 39.0 Å². The van der Waals surface area contributed by atoms with Gasteiger partial charge in [-0.2, -0.15) is 0 Å². The predicted molar refractivity (Wildman–Crippen MR) is 59.7 cm³/mol.